The minimum atomic E-state index is -0.910. The zero-order valence-corrected chi connectivity index (χ0v) is 86.6. The molecule has 798 valence electrons. The number of rotatable bonds is 9. The molecule has 4 bridgehead atoms. The molecule has 15 saturated heterocycles. The molecule has 15 heterocycles. The van der Waals surface area contributed by atoms with Crippen molar-refractivity contribution in [2.24, 2.45) is 65.1 Å². The molecule has 3 aliphatic carbocycles. The average Bonchev–Trinajstić information content (AvgIpc) is 1.66. The van der Waals surface area contributed by atoms with Gasteiger partial charge >= 0.3 is 55.2 Å². The Morgan fingerprint density at radius 3 is 1.34 bits per heavy atom. The lowest BCUT2D eigenvalue weighted by Gasteiger charge is -2.25. The van der Waals surface area contributed by atoms with Crippen molar-refractivity contribution in [2.75, 3.05) is 107 Å². The van der Waals surface area contributed by atoms with Gasteiger partial charge in [-0.2, -0.15) is 5.26 Å². The summed E-state index contributed by atoms with van der Waals surface area (Å²) in [6.45, 7) is 56.3. The number of carbonyl (C=O) groups excluding carboxylic acids is 9. The van der Waals surface area contributed by atoms with Crippen LogP contribution in [0, 0.1) is 76.4 Å². The third-order valence-electron chi connectivity index (χ3n) is 25.9. The number of cyclic esters (lactones) is 10. The van der Waals surface area contributed by atoms with E-state index >= 15 is 0 Å². The van der Waals surface area contributed by atoms with Crippen molar-refractivity contribution in [3.8, 4) is 11.8 Å². The molecule has 1 N–H and O–H groups in total. The lowest BCUT2D eigenvalue weighted by atomic mass is 9.87. The van der Waals surface area contributed by atoms with E-state index in [-0.39, 0.29) is 98.0 Å². The van der Waals surface area contributed by atoms with Crippen LogP contribution in [0.3, 0.4) is 0 Å². The Morgan fingerprint density at radius 2 is 0.957 bits per heavy atom. The lowest BCUT2D eigenvalue weighted by molar-refractivity contribution is -0.153. The van der Waals surface area contributed by atoms with Gasteiger partial charge in [0.2, 0.25) is 18.5 Å². The molecule has 39 heteroatoms. The molecular weight excluding hydrogens is 1820 g/mol. The maximum absolute atomic E-state index is 10.8. The van der Waals surface area contributed by atoms with Crippen molar-refractivity contribution in [1.82, 2.24) is 0 Å². The fraction of sp³-hybridized carbons (Fsp3) is 0.840. The van der Waals surface area contributed by atoms with E-state index in [0.717, 1.165) is 178 Å². The Labute approximate surface area is 822 Å². The number of methoxy groups -OCH3 is 2. The smallest absolute Gasteiger partial charge is 0.486 e. The summed E-state index contributed by atoms with van der Waals surface area (Å²) in [7, 11) is 2.68. The highest BCUT2D eigenvalue weighted by atomic mass is 16.8. The fourth-order valence-electron chi connectivity index (χ4n) is 16.0. The summed E-state index contributed by atoms with van der Waals surface area (Å²) in [5.74, 6) is 7.40. The molecule has 0 amide bonds. The lowest BCUT2D eigenvalue weighted by Crippen LogP contribution is -2.33. The van der Waals surface area contributed by atoms with Crippen molar-refractivity contribution in [2.45, 2.75) is 370 Å². The van der Waals surface area contributed by atoms with Gasteiger partial charge in [0.1, 0.15) is 67.3 Å². The van der Waals surface area contributed by atoms with Crippen LogP contribution in [-0.4, -0.2) is 289 Å². The van der Waals surface area contributed by atoms with Crippen molar-refractivity contribution in [1.29, 1.82) is 5.26 Å². The highest BCUT2D eigenvalue weighted by molar-refractivity contribution is 5.80. The molecule has 0 radical (unpaired) electrons. The van der Waals surface area contributed by atoms with Crippen LogP contribution < -0.4 is 4.74 Å². The molecule has 0 aromatic heterocycles. The number of aliphatic hydroxyl groups excluding tert-OH is 1. The highest BCUT2D eigenvalue weighted by Gasteiger charge is 2.48. The molecule has 139 heavy (non-hydrogen) atoms. The van der Waals surface area contributed by atoms with Crippen LogP contribution in [0.25, 0.3) is 0 Å². The van der Waals surface area contributed by atoms with E-state index in [1.54, 1.807) is 26.8 Å². The van der Waals surface area contributed by atoms with E-state index in [2.05, 4.69) is 121 Å². The van der Waals surface area contributed by atoms with E-state index in [0.29, 0.717) is 30.1 Å². The van der Waals surface area contributed by atoms with Crippen LogP contribution in [0.15, 0.2) is 30.3 Å². The summed E-state index contributed by atoms with van der Waals surface area (Å²) in [5.41, 5.74) is 0. The number of fused-ring (bicyclic) bond motifs is 5. The molecule has 39 nitrogen and oxygen atoms in total. The van der Waals surface area contributed by atoms with Gasteiger partial charge in [0.25, 0.3) is 0 Å². The normalized spacial score (nSPS) is 35.4. The number of nitrogens with zero attached hydrogens (tertiary/aromatic N) is 1. The summed E-state index contributed by atoms with van der Waals surface area (Å²) in [6.07, 6.45) is 7.40. The average molecular weight is 1990 g/mol. The van der Waals surface area contributed by atoms with Gasteiger partial charge in [0, 0.05) is 86.0 Å². The number of hydrogen-bond donors (Lipinski definition) is 1. The van der Waals surface area contributed by atoms with Crippen LogP contribution in [0.2, 0.25) is 0 Å². The minimum Gasteiger partial charge on any atom is -0.486 e. The van der Waals surface area contributed by atoms with Gasteiger partial charge < -0.3 is 138 Å². The molecule has 3 saturated carbocycles. The van der Waals surface area contributed by atoms with Gasteiger partial charge in [-0.3, -0.25) is 0 Å². The molecule has 29 atom stereocenters. The van der Waals surface area contributed by atoms with Crippen molar-refractivity contribution >= 4 is 55.2 Å². The number of esters is 1. The zero-order valence-electron chi connectivity index (χ0n) is 86.6. The van der Waals surface area contributed by atoms with Gasteiger partial charge in [-0.25, -0.2) is 43.2 Å². The molecule has 0 spiro atoms. The Hall–Kier alpha value is -8.30. The number of carbonyl (C=O) groups is 9. The van der Waals surface area contributed by atoms with Gasteiger partial charge in [-0.1, -0.05) is 115 Å². The van der Waals surface area contributed by atoms with Gasteiger partial charge in [-0.05, 0) is 216 Å². The monoisotopic (exact) mass is 1990 g/mol. The van der Waals surface area contributed by atoms with Gasteiger partial charge in [0.15, 0.2) is 42.1 Å². The van der Waals surface area contributed by atoms with E-state index in [9.17, 15) is 43.2 Å². The molecule has 18 fully saturated rings. The minimum absolute atomic E-state index is 0.0475. The Kier molecular flexibility index (Phi) is 55.5. The van der Waals surface area contributed by atoms with Crippen molar-refractivity contribution in [3.05, 3.63) is 30.3 Å². The maximum atomic E-state index is 10.8. The van der Waals surface area contributed by atoms with E-state index in [1.807, 2.05) is 78.8 Å². The van der Waals surface area contributed by atoms with Crippen LogP contribution >= 0.6 is 0 Å². The number of aliphatic hydroxyl groups is 1. The zero-order chi connectivity index (χ0) is 103. The third kappa shape index (κ3) is 45.9. The number of benzene rings is 1. The Bertz CT molecular complexity index is 3660. The van der Waals surface area contributed by atoms with E-state index < -0.39 is 92.0 Å². The standard InChI is InChI=1S/C12H14O4.2C8H12O3.C7H10O3.C7H14O2.C7H14O.C6H8O5.C6H10O4.C6H12O2.3C6H12O.C5H5NO3.C5H8O4.C5H10O/c1-2-10(11-8-14-12(13)16-11)15-9-6-4-3-5-7-9;1-4-5(2)7-3-6(4)10-8(9)11-7;1-5-2-3-6-7(4-5)11-8(9)10-6;1-4-2-5-3-6(4)10-7(8)9-5;1-4-7(3)8-5-6(2)9-7;1-6-3-4-8-5-7(6)2;1-3-4(5(7)9-2)11-6(8)10-3;1-2-4-5(3-7)10-6(8)9-4;1-5-4-7-6(2,3)8-5;1-5-3-7-4-6(5)2;1-6-2-4-7-5-3-6;1-6-3-2-4-7-5-6;1-3-4(2-6)9-5(7)8-3;1-3-4(7-2)9-5(6)8-3;1-5-2-3-6-4-5/h3-7,10-11H,2,8H2,1H3;4-7H,3H2,1-2H3;5-7H,2-4H2,1H3;4-6H,2-3H2,1H3;6H,4-5H2,1-3H3;6-7H,3-5H2,1-2H3;3-4H,1-2H3;4-5,7H,2-3H2,1H3;5H,4H2,1-3H3;5-6H,3-4H2,1-2H3;2*6H,2-5H2,1H3;3-4H,1H3;3-4H,1-2H3;5H,2-4H2,1H3. The predicted molar refractivity (Wildman–Crippen MR) is 498 cm³/mol. The van der Waals surface area contributed by atoms with Crippen LogP contribution in [-0.2, 0) is 133 Å². The largest absolute Gasteiger partial charge is 0.511 e. The van der Waals surface area contributed by atoms with Crippen LogP contribution in [0.5, 0.6) is 5.75 Å². The highest BCUT2D eigenvalue weighted by Crippen LogP contribution is 2.40. The first-order valence-electron chi connectivity index (χ1n) is 49.7. The fourth-order valence-corrected chi connectivity index (χ4v) is 16.0. The van der Waals surface area contributed by atoms with Crippen molar-refractivity contribution < 1.29 is 181 Å². The summed E-state index contributed by atoms with van der Waals surface area (Å²) < 4.78 is 138. The summed E-state index contributed by atoms with van der Waals surface area (Å²) in [5, 5.41) is 16.9. The first kappa shape index (κ1) is 121. The van der Waals surface area contributed by atoms with E-state index in [4.69, 9.17) is 105 Å². The Morgan fingerprint density at radius 1 is 0.439 bits per heavy atom. The van der Waals surface area contributed by atoms with Crippen LogP contribution in [0.1, 0.15) is 249 Å². The van der Waals surface area contributed by atoms with Crippen LogP contribution in [0.4, 0.5) is 38.4 Å². The third-order valence-corrected chi connectivity index (χ3v) is 25.9. The maximum Gasteiger partial charge on any atom is 0.511 e. The summed E-state index contributed by atoms with van der Waals surface area (Å²) in [6, 6.07) is 11.3. The molecule has 15 aliphatic heterocycles. The Balaban J connectivity index is 0.000000264. The SMILES string of the molecule is CC1C2CC(OC(=O)O2)C1C.CC1CC2CC1OC(=O)O2.CC1CCC2OC(=O)OC2C1.CC1CCCOC1.CC1CCOC1.CC1CCOCC1.CC1CCOCC1C.CC1COC(C)(C)O1.CC1COCC1C.CC1OC(=O)OC1C#N.CCC(Oc1ccccc1)C1COC(=O)O1.CCC1(C)OCC(C)O1.CCC1OC(=O)OC1CO.COC(=O)C1OC(=O)OC1C.COC1OC(=O)OC1C. The van der Waals surface area contributed by atoms with E-state index in [1.165, 1.54) is 52.7 Å². The van der Waals surface area contributed by atoms with Gasteiger partial charge in [0.05, 0.1) is 39.1 Å². The number of nitriles is 1. The second-order valence-corrected chi connectivity index (χ2v) is 38.8. The molecule has 19 rings (SSSR count). The summed E-state index contributed by atoms with van der Waals surface area (Å²) in [4.78, 5) is 95.1. The number of hydrogen-bond acceptors (Lipinski definition) is 39. The number of para-hydroxylation sites is 1. The second-order valence-electron chi connectivity index (χ2n) is 38.8. The predicted octanol–water partition coefficient (Wildman–Crippen LogP) is 17.9. The van der Waals surface area contributed by atoms with Gasteiger partial charge in [-0.15, -0.1) is 0 Å². The topological polar surface area (TPSA) is 456 Å². The molecule has 1 aromatic carbocycles. The first-order chi connectivity index (χ1) is 65.9. The van der Waals surface area contributed by atoms with Crippen molar-refractivity contribution in [3.63, 3.8) is 0 Å². The first-order valence-corrected chi connectivity index (χ1v) is 49.7. The molecule has 29 unspecified atom stereocenters. The second kappa shape index (κ2) is 63.7. The molecule has 18 aliphatic rings. The molecule has 1 aromatic rings. The molecular formula is C100H165NO38. The quantitative estimate of drug-likeness (QED) is 0.177. The number of ether oxygens (including phenoxy) is 28. The summed E-state index contributed by atoms with van der Waals surface area (Å²) >= 11 is 0.